The first-order valence-corrected chi connectivity index (χ1v) is 6.49. The molecule has 2 heteroatoms. The zero-order valence-corrected chi connectivity index (χ0v) is 12.4. The Bertz CT molecular complexity index is 525. The van der Waals surface area contributed by atoms with Gasteiger partial charge in [0.25, 0.3) is 0 Å². The zero-order valence-electron chi connectivity index (χ0n) is 12.4. The third-order valence-electron chi connectivity index (χ3n) is 3.79. The fraction of sp³-hybridized carbons (Fsp3) is 0.471. The Morgan fingerprint density at radius 3 is 2.68 bits per heavy atom. The minimum absolute atomic E-state index is 0.0172. The van der Waals surface area contributed by atoms with Crippen molar-refractivity contribution in [3.8, 4) is 11.8 Å². The van der Waals surface area contributed by atoms with Gasteiger partial charge >= 0.3 is 0 Å². The molecule has 19 heavy (non-hydrogen) atoms. The molecule has 1 N–H and O–H groups in total. The molecular formula is C17H22O2. The third-order valence-corrected chi connectivity index (χ3v) is 3.79. The van der Waals surface area contributed by atoms with Gasteiger partial charge < -0.3 is 5.11 Å². The maximum Gasteiger partial charge on any atom is 0.157 e. The van der Waals surface area contributed by atoms with Crippen LogP contribution in [0.2, 0.25) is 0 Å². The van der Waals surface area contributed by atoms with Crippen molar-refractivity contribution in [2.75, 3.05) is 0 Å². The molecule has 0 aromatic heterocycles. The maximum atomic E-state index is 11.8. The van der Waals surface area contributed by atoms with E-state index in [1.165, 1.54) is 6.08 Å². The first-order valence-electron chi connectivity index (χ1n) is 6.49. The summed E-state index contributed by atoms with van der Waals surface area (Å²) in [6.07, 6.45) is 7.36. The monoisotopic (exact) mass is 258 g/mol. The van der Waals surface area contributed by atoms with Crippen LogP contribution in [-0.2, 0) is 4.79 Å². The van der Waals surface area contributed by atoms with Crippen LogP contribution in [0.5, 0.6) is 0 Å². The molecule has 0 aliphatic heterocycles. The Labute approximate surface area is 115 Å². The Balaban J connectivity index is 3.37. The van der Waals surface area contributed by atoms with Crippen LogP contribution in [0.3, 0.4) is 0 Å². The number of allylic oxidation sites excluding steroid dienone is 4. The number of carbonyl (C=O) groups excluding carboxylic acids is 1. The van der Waals surface area contributed by atoms with Crippen LogP contribution >= 0.6 is 0 Å². The second-order valence-corrected chi connectivity index (χ2v) is 5.31. The zero-order chi connectivity index (χ0) is 14.7. The van der Waals surface area contributed by atoms with Gasteiger partial charge in [-0.05, 0) is 52.3 Å². The molecule has 0 aromatic rings. The first-order chi connectivity index (χ1) is 8.79. The highest BCUT2D eigenvalue weighted by molar-refractivity contribution is 5.93. The molecule has 0 radical (unpaired) electrons. The van der Waals surface area contributed by atoms with Crippen LogP contribution in [0.4, 0.5) is 0 Å². The lowest BCUT2D eigenvalue weighted by atomic mass is 9.63. The highest BCUT2D eigenvalue weighted by Crippen LogP contribution is 2.44. The van der Waals surface area contributed by atoms with Crippen molar-refractivity contribution in [1.29, 1.82) is 0 Å². The highest BCUT2D eigenvalue weighted by atomic mass is 16.3. The molecule has 0 aromatic carbocycles. The SMILES string of the molecule is CC#C[C@@]1(C)CC(=O)C=C(C)[C@]1(O)/C=C/C(C)=C\C. The fourth-order valence-electron chi connectivity index (χ4n) is 2.40. The van der Waals surface area contributed by atoms with E-state index in [1.807, 2.05) is 32.9 Å². The molecule has 0 heterocycles. The summed E-state index contributed by atoms with van der Waals surface area (Å²) in [4.78, 5) is 11.8. The van der Waals surface area contributed by atoms with Crippen LogP contribution < -0.4 is 0 Å². The molecule has 0 bridgehead atoms. The standard InChI is InChI=1S/C17H22O2/c1-6-9-16(5)12-15(18)11-14(4)17(16,19)10-8-13(3)7-2/h7-8,10-11,19H,12H2,1-5H3/b10-8+,13-7-/t16-,17+/m0/s1. The fourth-order valence-corrected chi connectivity index (χ4v) is 2.40. The van der Waals surface area contributed by atoms with Gasteiger partial charge in [-0.2, -0.15) is 0 Å². The largest absolute Gasteiger partial charge is 0.380 e. The topological polar surface area (TPSA) is 37.3 Å². The molecule has 0 fully saturated rings. The van der Waals surface area contributed by atoms with Gasteiger partial charge in [0.2, 0.25) is 0 Å². The molecule has 0 spiro atoms. The molecule has 2 nitrogen and oxygen atoms in total. The summed E-state index contributed by atoms with van der Waals surface area (Å²) in [6, 6.07) is 0. The van der Waals surface area contributed by atoms with Crippen molar-refractivity contribution in [3.05, 3.63) is 35.5 Å². The van der Waals surface area contributed by atoms with Crippen molar-refractivity contribution in [2.24, 2.45) is 5.41 Å². The van der Waals surface area contributed by atoms with E-state index >= 15 is 0 Å². The summed E-state index contributed by atoms with van der Waals surface area (Å²) in [7, 11) is 0. The van der Waals surface area contributed by atoms with E-state index in [1.54, 1.807) is 19.9 Å². The molecule has 2 atom stereocenters. The average Bonchev–Trinajstić information content (AvgIpc) is 2.33. The number of aliphatic hydroxyl groups is 1. The predicted octanol–water partition coefficient (Wildman–Crippen LogP) is 3.19. The number of hydrogen-bond donors (Lipinski definition) is 1. The van der Waals surface area contributed by atoms with Gasteiger partial charge in [-0.1, -0.05) is 23.6 Å². The second kappa shape index (κ2) is 5.59. The van der Waals surface area contributed by atoms with E-state index in [9.17, 15) is 9.90 Å². The molecule has 1 aliphatic rings. The van der Waals surface area contributed by atoms with Crippen LogP contribution in [0.15, 0.2) is 35.5 Å². The maximum absolute atomic E-state index is 11.8. The molecule has 0 saturated carbocycles. The minimum atomic E-state index is -1.20. The van der Waals surface area contributed by atoms with Gasteiger partial charge in [-0.3, -0.25) is 4.79 Å². The summed E-state index contributed by atoms with van der Waals surface area (Å²) in [5, 5.41) is 11.0. The Kier molecular flexibility index (Phi) is 4.55. The van der Waals surface area contributed by atoms with Crippen LogP contribution in [0.1, 0.15) is 41.0 Å². The quantitative estimate of drug-likeness (QED) is 0.610. The Morgan fingerprint density at radius 2 is 2.16 bits per heavy atom. The van der Waals surface area contributed by atoms with Gasteiger partial charge in [0, 0.05) is 6.42 Å². The lowest BCUT2D eigenvalue weighted by Gasteiger charge is -2.43. The van der Waals surface area contributed by atoms with Crippen molar-refractivity contribution in [2.45, 2.75) is 46.6 Å². The highest BCUT2D eigenvalue weighted by Gasteiger charge is 2.49. The first kappa shape index (κ1) is 15.5. The van der Waals surface area contributed by atoms with E-state index in [0.29, 0.717) is 5.57 Å². The molecule has 102 valence electrons. The van der Waals surface area contributed by atoms with Crippen LogP contribution in [-0.4, -0.2) is 16.5 Å². The number of carbonyl (C=O) groups is 1. The molecule has 0 unspecified atom stereocenters. The predicted molar refractivity (Wildman–Crippen MR) is 78.5 cm³/mol. The summed E-state index contributed by atoms with van der Waals surface area (Å²) in [5.74, 6) is 5.88. The van der Waals surface area contributed by atoms with E-state index in [4.69, 9.17) is 0 Å². The van der Waals surface area contributed by atoms with Gasteiger partial charge in [-0.25, -0.2) is 0 Å². The number of ketones is 1. The van der Waals surface area contributed by atoms with E-state index in [0.717, 1.165) is 5.57 Å². The molecular weight excluding hydrogens is 236 g/mol. The van der Waals surface area contributed by atoms with E-state index in [-0.39, 0.29) is 12.2 Å². The molecule has 0 saturated heterocycles. The summed E-state index contributed by atoms with van der Waals surface area (Å²) < 4.78 is 0. The lowest BCUT2D eigenvalue weighted by Crippen LogP contribution is -2.49. The summed E-state index contributed by atoms with van der Waals surface area (Å²) >= 11 is 0. The summed E-state index contributed by atoms with van der Waals surface area (Å²) in [6.45, 7) is 9.26. The number of rotatable bonds is 2. The summed E-state index contributed by atoms with van der Waals surface area (Å²) in [5.41, 5.74) is -0.268. The van der Waals surface area contributed by atoms with Crippen LogP contribution in [0.25, 0.3) is 0 Å². The van der Waals surface area contributed by atoms with Gasteiger partial charge in [-0.15, -0.1) is 5.92 Å². The molecule has 1 rings (SSSR count). The van der Waals surface area contributed by atoms with Crippen molar-refractivity contribution < 1.29 is 9.90 Å². The Hall–Kier alpha value is -1.59. The van der Waals surface area contributed by atoms with Gasteiger partial charge in [0.15, 0.2) is 5.78 Å². The molecule has 0 amide bonds. The van der Waals surface area contributed by atoms with Crippen molar-refractivity contribution in [1.82, 2.24) is 0 Å². The van der Waals surface area contributed by atoms with Crippen molar-refractivity contribution in [3.63, 3.8) is 0 Å². The minimum Gasteiger partial charge on any atom is -0.380 e. The Morgan fingerprint density at radius 1 is 1.53 bits per heavy atom. The molecule has 1 aliphatic carbocycles. The lowest BCUT2D eigenvalue weighted by molar-refractivity contribution is -0.119. The van der Waals surface area contributed by atoms with Gasteiger partial charge in [0.1, 0.15) is 5.60 Å². The second-order valence-electron chi connectivity index (χ2n) is 5.31. The normalized spacial score (nSPS) is 32.0. The van der Waals surface area contributed by atoms with E-state index in [2.05, 4.69) is 11.8 Å². The van der Waals surface area contributed by atoms with Crippen molar-refractivity contribution >= 4 is 5.78 Å². The third kappa shape index (κ3) is 2.88. The van der Waals surface area contributed by atoms with E-state index < -0.39 is 11.0 Å². The number of hydrogen-bond acceptors (Lipinski definition) is 2. The average molecular weight is 258 g/mol. The van der Waals surface area contributed by atoms with Crippen LogP contribution in [0, 0.1) is 17.3 Å². The smallest absolute Gasteiger partial charge is 0.157 e. The van der Waals surface area contributed by atoms with Gasteiger partial charge in [0.05, 0.1) is 5.41 Å².